The maximum absolute atomic E-state index is 11.6. The van der Waals surface area contributed by atoms with Crippen molar-refractivity contribution in [1.29, 1.82) is 0 Å². The lowest BCUT2D eigenvalue weighted by atomic mass is 10.2. The Morgan fingerprint density at radius 3 is 2.37 bits per heavy atom. The third-order valence-corrected chi connectivity index (χ3v) is 5.03. The van der Waals surface area contributed by atoms with Gasteiger partial charge in [-0.15, -0.1) is 11.3 Å². The van der Waals surface area contributed by atoms with Crippen molar-refractivity contribution in [1.82, 2.24) is 4.98 Å². The number of anilines is 2. The molecule has 0 unspecified atom stereocenters. The number of carbonyl (C=O) groups is 2. The van der Waals surface area contributed by atoms with Gasteiger partial charge >= 0.3 is 11.9 Å². The molecule has 0 saturated heterocycles. The molecule has 0 bridgehead atoms. The fourth-order valence-corrected chi connectivity index (χ4v) is 3.38. The number of rotatable bonds is 6. The number of aromatic nitrogens is 1. The van der Waals surface area contributed by atoms with Crippen molar-refractivity contribution in [2.75, 3.05) is 12.4 Å². The maximum atomic E-state index is 11.6. The van der Waals surface area contributed by atoms with E-state index in [1.807, 2.05) is 0 Å². The molecule has 3 rings (SSSR count). The normalized spacial score (nSPS) is 10.4. The van der Waals surface area contributed by atoms with Crippen LogP contribution < -0.4 is 10.1 Å². The molecule has 27 heavy (non-hydrogen) atoms. The van der Waals surface area contributed by atoms with Gasteiger partial charge in [-0.1, -0.05) is 11.6 Å². The van der Waals surface area contributed by atoms with Crippen LogP contribution in [0.3, 0.4) is 0 Å². The van der Waals surface area contributed by atoms with Gasteiger partial charge in [0.15, 0.2) is 10.7 Å². The highest BCUT2D eigenvalue weighted by molar-refractivity contribution is 7.17. The first-order valence-electron chi connectivity index (χ1n) is 7.57. The Bertz CT molecular complexity index is 1020. The Labute approximate surface area is 162 Å². The highest BCUT2D eigenvalue weighted by Gasteiger charge is 2.19. The Kier molecular flexibility index (Phi) is 5.29. The summed E-state index contributed by atoms with van der Waals surface area (Å²) in [5, 5.41) is 22.0. The number of carboxylic acids is 2. The predicted molar refractivity (Wildman–Crippen MR) is 103 cm³/mol. The molecule has 2 aromatic carbocycles. The van der Waals surface area contributed by atoms with Crippen LogP contribution in [0.25, 0.3) is 10.6 Å². The number of benzene rings is 2. The van der Waals surface area contributed by atoms with Crippen molar-refractivity contribution in [3.63, 3.8) is 0 Å². The number of nitrogens with one attached hydrogen (secondary N) is 1. The van der Waals surface area contributed by atoms with E-state index in [4.69, 9.17) is 21.4 Å². The zero-order valence-electron chi connectivity index (χ0n) is 13.9. The Morgan fingerprint density at radius 1 is 1.11 bits per heavy atom. The monoisotopic (exact) mass is 404 g/mol. The van der Waals surface area contributed by atoms with Gasteiger partial charge in [0.25, 0.3) is 0 Å². The van der Waals surface area contributed by atoms with E-state index in [1.54, 1.807) is 31.4 Å². The molecule has 0 atom stereocenters. The van der Waals surface area contributed by atoms with Crippen molar-refractivity contribution < 1.29 is 24.5 Å². The molecule has 3 N–H and O–H groups in total. The second-order valence-corrected chi connectivity index (χ2v) is 6.76. The van der Waals surface area contributed by atoms with E-state index >= 15 is 0 Å². The molecule has 0 aliphatic rings. The van der Waals surface area contributed by atoms with Gasteiger partial charge in [0.05, 0.1) is 23.4 Å². The van der Waals surface area contributed by atoms with Crippen LogP contribution >= 0.6 is 22.9 Å². The van der Waals surface area contributed by atoms with Crippen LogP contribution in [0.15, 0.2) is 42.5 Å². The van der Waals surface area contributed by atoms with Gasteiger partial charge < -0.3 is 20.3 Å². The van der Waals surface area contributed by atoms with E-state index in [1.165, 1.54) is 18.2 Å². The number of ether oxygens (including phenoxy) is 1. The molecule has 0 radical (unpaired) electrons. The summed E-state index contributed by atoms with van der Waals surface area (Å²) in [5.41, 5.74) is 1.13. The number of halogens is 1. The van der Waals surface area contributed by atoms with Crippen LogP contribution in [-0.2, 0) is 0 Å². The largest absolute Gasteiger partial charge is 0.497 e. The van der Waals surface area contributed by atoms with Crippen molar-refractivity contribution in [3.8, 4) is 16.3 Å². The highest BCUT2D eigenvalue weighted by atomic mass is 35.5. The minimum Gasteiger partial charge on any atom is -0.497 e. The molecule has 138 valence electrons. The summed E-state index contributed by atoms with van der Waals surface area (Å²) in [6.07, 6.45) is 0. The molecule has 0 amide bonds. The standard InChI is InChI=1S/C18H13ClN2O5S/c1-26-11-5-2-9(3-6-11)16-21-15(14(27-16)18(24)25)20-13-7-4-10(17(22)23)8-12(13)19/h2-8,20H,1H3,(H,22,23)(H,24,25). The molecular formula is C18H13ClN2O5S. The number of thiazole rings is 1. The lowest BCUT2D eigenvalue weighted by Gasteiger charge is -2.07. The fraction of sp³-hybridized carbons (Fsp3) is 0.0556. The number of aromatic carboxylic acids is 2. The molecule has 1 aromatic heterocycles. The van der Waals surface area contributed by atoms with Gasteiger partial charge in [-0.05, 0) is 42.5 Å². The van der Waals surface area contributed by atoms with Crippen molar-refractivity contribution >= 4 is 46.4 Å². The molecule has 9 heteroatoms. The quantitative estimate of drug-likeness (QED) is 0.550. The Morgan fingerprint density at radius 2 is 1.81 bits per heavy atom. The molecule has 0 fully saturated rings. The first-order valence-corrected chi connectivity index (χ1v) is 8.77. The number of hydrogen-bond acceptors (Lipinski definition) is 6. The number of carboxylic acid groups (broad SMARTS) is 2. The molecule has 0 aliphatic heterocycles. The van der Waals surface area contributed by atoms with Crippen LogP contribution in [0.5, 0.6) is 5.75 Å². The molecule has 0 saturated carbocycles. The molecule has 3 aromatic rings. The zero-order chi connectivity index (χ0) is 19.6. The topological polar surface area (TPSA) is 109 Å². The summed E-state index contributed by atoms with van der Waals surface area (Å²) in [7, 11) is 1.56. The number of nitrogens with zero attached hydrogens (tertiary/aromatic N) is 1. The van der Waals surface area contributed by atoms with E-state index in [9.17, 15) is 14.7 Å². The Hall–Kier alpha value is -3.10. The van der Waals surface area contributed by atoms with Crippen molar-refractivity contribution in [2.45, 2.75) is 0 Å². The average molecular weight is 405 g/mol. The molecule has 7 nitrogen and oxygen atoms in total. The molecule has 1 heterocycles. The minimum absolute atomic E-state index is 0.0131. The SMILES string of the molecule is COc1ccc(-c2nc(Nc3ccc(C(=O)O)cc3Cl)c(C(=O)O)s2)cc1. The summed E-state index contributed by atoms with van der Waals surface area (Å²) < 4.78 is 5.11. The summed E-state index contributed by atoms with van der Waals surface area (Å²) in [6, 6.07) is 11.2. The first-order chi connectivity index (χ1) is 12.9. The van der Waals surface area contributed by atoms with Gasteiger partial charge in [-0.25, -0.2) is 14.6 Å². The van der Waals surface area contributed by atoms with Crippen LogP contribution in [-0.4, -0.2) is 34.2 Å². The smallest absolute Gasteiger partial charge is 0.349 e. The lowest BCUT2D eigenvalue weighted by molar-refractivity contribution is 0.0688. The average Bonchev–Trinajstić information content (AvgIpc) is 3.07. The van der Waals surface area contributed by atoms with Gasteiger partial charge in [0.1, 0.15) is 10.8 Å². The van der Waals surface area contributed by atoms with E-state index in [2.05, 4.69) is 10.3 Å². The number of hydrogen-bond donors (Lipinski definition) is 3. The lowest BCUT2D eigenvalue weighted by Crippen LogP contribution is -2.01. The van der Waals surface area contributed by atoms with E-state index in [-0.39, 0.29) is 21.3 Å². The van der Waals surface area contributed by atoms with Crippen LogP contribution in [0.1, 0.15) is 20.0 Å². The second kappa shape index (κ2) is 7.65. The molecule has 0 aliphatic carbocycles. The number of methoxy groups -OCH3 is 1. The fourth-order valence-electron chi connectivity index (χ4n) is 2.28. The van der Waals surface area contributed by atoms with Crippen LogP contribution in [0.4, 0.5) is 11.5 Å². The summed E-state index contributed by atoms with van der Waals surface area (Å²) in [6.45, 7) is 0. The highest BCUT2D eigenvalue weighted by Crippen LogP contribution is 2.35. The van der Waals surface area contributed by atoms with Crippen molar-refractivity contribution in [2.24, 2.45) is 0 Å². The Balaban J connectivity index is 1.96. The summed E-state index contributed by atoms with van der Waals surface area (Å²) in [4.78, 5) is 27.0. The van der Waals surface area contributed by atoms with Crippen molar-refractivity contribution in [3.05, 3.63) is 57.9 Å². The summed E-state index contributed by atoms with van der Waals surface area (Å²) in [5.74, 6) is -1.43. The van der Waals surface area contributed by atoms with Gasteiger partial charge in [0.2, 0.25) is 0 Å². The zero-order valence-corrected chi connectivity index (χ0v) is 15.5. The van der Waals surface area contributed by atoms with Gasteiger partial charge in [0, 0.05) is 5.56 Å². The van der Waals surface area contributed by atoms with E-state index in [0.29, 0.717) is 16.4 Å². The van der Waals surface area contributed by atoms with Crippen LogP contribution in [0.2, 0.25) is 5.02 Å². The van der Waals surface area contributed by atoms with Crippen LogP contribution in [0, 0.1) is 0 Å². The third-order valence-electron chi connectivity index (χ3n) is 3.63. The van der Waals surface area contributed by atoms with E-state index in [0.717, 1.165) is 16.9 Å². The van der Waals surface area contributed by atoms with E-state index < -0.39 is 11.9 Å². The summed E-state index contributed by atoms with van der Waals surface area (Å²) >= 11 is 7.12. The third kappa shape index (κ3) is 4.02. The minimum atomic E-state index is -1.13. The second-order valence-electron chi connectivity index (χ2n) is 5.36. The first kappa shape index (κ1) is 18.7. The maximum Gasteiger partial charge on any atom is 0.349 e. The van der Waals surface area contributed by atoms with Gasteiger partial charge in [-0.2, -0.15) is 0 Å². The predicted octanol–water partition coefficient (Wildman–Crippen LogP) is 4.61. The molecular weight excluding hydrogens is 392 g/mol. The van der Waals surface area contributed by atoms with Gasteiger partial charge in [-0.3, -0.25) is 0 Å². The molecule has 0 spiro atoms.